The molecule has 0 aromatic heterocycles. The normalized spacial score (nSPS) is 24.9. The molecule has 0 spiro atoms. The van der Waals surface area contributed by atoms with Crippen LogP contribution in [0.5, 0.6) is 0 Å². The summed E-state index contributed by atoms with van der Waals surface area (Å²) in [6, 6.07) is 6.02. The van der Waals surface area contributed by atoms with Crippen molar-refractivity contribution in [1.29, 1.82) is 0 Å². The van der Waals surface area contributed by atoms with Crippen molar-refractivity contribution in [3.63, 3.8) is 0 Å². The molecule has 0 bridgehead atoms. The number of ether oxygens (including phenoxy) is 1. The Labute approximate surface area is 169 Å². The van der Waals surface area contributed by atoms with Gasteiger partial charge in [0.05, 0.1) is 5.56 Å². The standard InChI is InChI=1S/C21H28F3N3O2/c22-21(23,24)16-3-1-4-18(15-16)26-12-10-25(11-13-26)17-6-8-27(9-7-17)20(28)19-5-2-14-29-19/h1,3-4,15,17,19H,2,5-14H2. The fraction of sp³-hybridized carbons (Fsp3) is 0.667. The Kier molecular flexibility index (Phi) is 6.01. The van der Waals surface area contributed by atoms with Gasteiger partial charge in [-0.3, -0.25) is 9.69 Å². The monoisotopic (exact) mass is 411 g/mol. The molecule has 0 aliphatic carbocycles. The van der Waals surface area contributed by atoms with Crippen LogP contribution in [0.2, 0.25) is 0 Å². The quantitative estimate of drug-likeness (QED) is 0.766. The van der Waals surface area contributed by atoms with E-state index in [9.17, 15) is 18.0 Å². The number of hydrogen-bond donors (Lipinski definition) is 0. The van der Waals surface area contributed by atoms with Gasteiger partial charge in [-0.05, 0) is 43.9 Å². The van der Waals surface area contributed by atoms with E-state index < -0.39 is 11.7 Å². The number of benzene rings is 1. The molecule has 0 saturated carbocycles. The number of carbonyl (C=O) groups is 1. The van der Waals surface area contributed by atoms with E-state index >= 15 is 0 Å². The summed E-state index contributed by atoms with van der Waals surface area (Å²) in [6.45, 7) is 5.31. The van der Waals surface area contributed by atoms with Gasteiger partial charge in [-0.2, -0.15) is 13.2 Å². The van der Waals surface area contributed by atoms with Gasteiger partial charge < -0.3 is 14.5 Å². The predicted octanol–water partition coefficient (Wildman–Crippen LogP) is 3.00. The number of nitrogens with zero attached hydrogens (tertiary/aromatic N) is 3. The van der Waals surface area contributed by atoms with Crippen LogP contribution in [0.3, 0.4) is 0 Å². The minimum atomic E-state index is -4.31. The number of piperidine rings is 1. The van der Waals surface area contributed by atoms with Crippen molar-refractivity contribution in [2.75, 3.05) is 50.8 Å². The van der Waals surface area contributed by atoms with Crippen LogP contribution in [0, 0.1) is 0 Å². The minimum Gasteiger partial charge on any atom is -0.369 e. The highest BCUT2D eigenvalue weighted by Crippen LogP contribution is 2.32. The van der Waals surface area contributed by atoms with Crippen molar-refractivity contribution < 1.29 is 22.7 Å². The highest BCUT2D eigenvalue weighted by Gasteiger charge is 2.34. The number of amides is 1. The third kappa shape index (κ3) is 4.69. The fourth-order valence-electron chi connectivity index (χ4n) is 4.65. The summed E-state index contributed by atoms with van der Waals surface area (Å²) < 4.78 is 44.4. The van der Waals surface area contributed by atoms with Gasteiger partial charge in [0.15, 0.2) is 0 Å². The summed E-state index contributed by atoms with van der Waals surface area (Å²) >= 11 is 0. The largest absolute Gasteiger partial charge is 0.416 e. The summed E-state index contributed by atoms with van der Waals surface area (Å²) in [4.78, 5) is 18.9. The molecule has 0 radical (unpaired) electrons. The molecule has 3 aliphatic heterocycles. The third-order valence-corrected chi connectivity index (χ3v) is 6.35. The van der Waals surface area contributed by atoms with E-state index in [0.29, 0.717) is 18.3 Å². The minimum absolute atomic E-state index is 0.135. The number of piperazine rings is 1. The molecule has 3 heterocycles. The molecule has 1 atom stereocenters. The summed E-state index contributed by atoms with van der Waals surface area (Å²) in [7, 11) is 0. The number of rotatable bonds is 3. The van der Waals surface area contributed by atoms with Gasteiger partial charge >= 0.3 is 6.18 Å². The second-order valence-corrected chi connectivity index (χ2v) is 8.13. The van der Waals surface area contributed by atoms with Crippen LogP contribution >= 0.6 is 0 Å². The van der Waals surface area contributed by atoms with Crippen LogP contribution in [0.25, 0.3) is 0 Å². The van der Waals surface area contributed by atoms with Crippen molar-refractivity contribution >= 4 is 11.6 Å². The molecule has 8 heteroatoms. The van der Waals surface area contributed by atoms with Gasteiger partial charge in [0.1, 0.15) is 6.10 Å². The fourth-order valence-corrected chi connectivity index (χ4v) is 4.65. The SMILES string of the molecule is O=C(C1CCCO1)N1CCC(N2CCN(c3cccc(C(F)(F)F)c3)CC2)CC1. The Bertz CT molecular complexity index is 705. The molecule has 160 valence electrons. The Morgan fingerprint density at radius 2 is 1.72 bits per heavy atom. The highest BCUT2D eigenvalue weighted by atomic mass is 19.4. The summed E-state index contributed by atoms with van der Waals surface area (Å²) in [5.74, 6) is 0.135. The van der Waals surface area contributed by atoms with Gasteiger partial charge in [0.25, 0.3) is 5.91 Å². The van der Waals surface area contributed by atoms with E-state index in [0.717, 1.165) is 71.0 Å². The van der Waals surface area contributed by atoms with E-state index in [4.69, 9.17) is 4.74 Å². The molecule has 5 nitrogen and oxygen atoms in total. The number of alkyl halides is 3. The van der Waals surface area contributed by atoms with Crippen LogP contribution < -0.4 is 4.90 Å². The van der Waals surface area contributed by atoms with Gasteiger partial charge in [-0.1, -0.05) is 6.07 Å². The second-order valence-electron chi connectivity index (χ2n) is 8.13. The molecule has 1 amide bonds. The third-order valence-electron chi connectivity index (χ3n) is 6.35. The summed E-state index contributed by atoms with van der Waals surface area (Å²) in [5, 5.41) is 0. The molecule has 3 aliphatic rings. The van der Waals surface area contributed by atoms with Crippen LogP contribution in [0.1, 0.15) is 31.2 Å². The number of halogens is 3. The number of likely N-dealkylation sites (tertiary alicyclic amines) is 1. The molecule has 4 rings (SSSR count). The first kappa shape index (κ1) is 20.5. The Hall–Kier alpha value is -1.80. The average Bonchev–Trinajstić information content (AvgIpc) is 3.28. The van der Waals surface area contributed by atoms with E-state index in [1.54, 1.807) is 6.07 Å². The van der Waals surface area contributed by atoms with Crippen LogP contribution in [0.15, 0.2) is 24.3 Å². The van der Waals surface area contributed by atoms with Gasteiger partial charge in [0.2, 0.25) is 0 Å². The number of hydrogen-bond acceptors (Lipinski definition) is 4. The summed E-state index contributed by atoms with van der Waals surface area (Å²) in [6.07, 6.45) is -0.877. The maximum absolute atomic E-state index is 13.0. The molecule has 1 unspecified atom stereocenters. The Morgan fingerprint density at radius 3 is 2.34 bits per heavy atom. The van der Waals surface area contributed by atoms with E-state index in [1.165, 1.54) is 12.1 Å². The van der Waals surface area contributed by atoms with Crippen molar-refractivity contribution in [3.8, 4) is 0 Å². The lowest BCUT2D eigenvalue weighted by Crippen LogP contribution is -2.54. The van der Waals surface area contributed by atoms with Gasteiger partial charge in [-0.15, -0.1) is 0 Å². The molecule has 3 saturated heterocycles. The zero-order chi connectivity index (χ0) is 20.4. The first-order chi connectivity index (χ1) is 13.9. The van der Waals surface area contributed by atoms with Crippen molar-refractivity contribution in [2.24, 2.45) is 0 Å². The molecule has 29 heavy (non-hydrogen) atoms. The molecule has 1 aromatic rings. The average molecular weight is 411 g/mol. The first-order valence-corrected chi connectivity index (χ1v) is 10.5. The zero-order valence-corrected chi connectivity index (χ0v) is 16.5. The van der Waals surface area contributed by atoms with E-state index in [1.807, 2.05) is 9.80 Å². The zero-order valence-electron chi connectivity index (χ0n) is 16.5. The highest BCUT2D eigenvalue weighted by molar-refractivity contribution is 5.81. The molecule has 3 fully saturated rings. The van der Waals surface area contributed by atoms with E-state index in [-0.39, 0.29) is 12.0 Å². The first-order valence-electron chi connectivity index (χ1n) is 10.5. The smallest absolute Gasteiger partial charge is 0.369 e. The lowest BCUT2D eigenvalue weighted by molar-refractivity contribution is -0.142. The van der Waals surface area contributed by atoms with Crippen LogP contribution in [0.4, 0.5) is 18.9 Å². The maximum Gasteiger partial charge on any atom is 0.416 e. The maximum atomic E-state index is 13.0. The molecular weight excluding hydrogens is 383 g/mol. The predicted molar refractivity (Wildman–Crippen MR) is 104 cm³/mol. The van der Waals surface area contributed by atoms with Gasteiger partial charge in [0, 0.05) is 57.6 Å². The second kappa shape index (κ2) is 8.52. The van der Waals surface area contributed by atoms with Crippen molar-refractivity contribution in [3.05, 3.63) is 29.8 Å². The topological polar surface area (TPSA) is 36.0 Å². The number of carbonyl (C=O) groups excluding carboxylic acids is 1. The van der Waals surface area contributed by atoms with Crippen LogP contribution in [-0.2, 0) is 15.7 Å². The molecule has 1 aromatic carbocycles. The molecule has 0 N–H and O–H groups in total. The van der Waals surface area contributed by atoms with E-state index in [2.05, 4.69) is 4.90 Å². The summed E-state index contributed by atoms with van der Waals surface area (Å²) in [5.41, 5.74) is 0.0390. The van der Waals surface area contributed by atoms with Crippen LogP contribution in [-0.4, -0.2) is 73.7 Å². The Balaban J connectivity index is 1.27. The number of anilines is 1. The Morgan fingerprint density at radius 1 is 1.00 bits per heavy atom. The van der Waals surface area contributed by atoms with Gasteiger partial charge in [-0.25, -0.2) is 0 Å². The lowest BCUT2D eigenvalue weighted by Gasteiger charge is -2.43. The lowest BCUT2D eigenvalue weighted by atomic mass is 10.0. The van der Waals surface area contributed by atoms with Crippen molar-refractivity contribution in [1.82, 2.24) is 9.80 Å². The molecular formula is C21H28F3N3O2. The van der Waals surface area contributed by atoms with Crippen molar-refractivity contribution in [2.45, 2.75) is 44.0 Å².